The van der Waals surface area contributed by atoms with E-state index in [4.69, 9.17) is 16.7 Å². The molecule has 0 saturated carbocycles. The minimum Gasteiger partial charge on any atom is -0.480 e. The van der Waals surface area contributed by atoms with Crippen LogP contribution in [0.4, 0.5) is 5.82 Å². The maximum atomic E-state index is 11.1. The molecule has 2 rings (SSSR count). The standard InChI is InChI=1S/C10H13ClN4O2/c1-6-4-8(14-10(11)13-6)15-3-2-12-5-7(15)9(16)17/h4,7,12H,2-3,5H2,1H3,(H,16,17). The SMILES string of the molecule is Cc1cc(N2CCNCC2C(=O)O)nc(Cl)n1. The molecule has 1 unspecified atom stereocenters. The second-order valence-corrected chi connectivity index (χ2v) is 4.23. The fourth-order valence-electron chi connectivity index (χ4n) is 1.86. The zero-order valence-electron chi connectivity index (χ0n) is 9.35. The van der Waals surface area contributed by atoms with E-state index in [1.165, 1.54) is 0 Å². The van der Waals surface area contributed by atoms with Crippen LogP contribution in [0, 0.1) is 6.92 Å². The van der Waals surface area contributed by atoms with Crippen molar-refractivity contribution in [3.8, 4) is 0 Å². The number of aromatic nitrogens is 2. The van der Waals surface area contributed by atoms with Crippen molar-refractivity contribution in [2.24, 2.45) is 0 Å². The van der Waals surface area contributed by atoms with Gasteiger partial charge in [-0.3, -0.25) is 0 Å². The summed E-state index contributed by atoms with van der Waals surface area (Å²) in [5, 5.41) is 12.3. The first-order chi connectivity index (χ1) is 8.08. The Hall–Kier alpha value is -1.40. The van der Waals surface area contributed by atoms with Gasteiger partial charge < -0.3 is 15.3 Å². The molecule has 1 aliphatic rings. The monoisotopic (exact) mass is 256 g/mol. The van der Waals surface area contributed by atoms with Gasteiger partial charge in [-0.25, -0.2) is 14.8 Å². The number of nitrogens with one attached hydrogen (secondary N) is 1. The summed E-state index contributed by atoms with van der Waals surface area (Å²) < 4.78 is 0. The molecule has 0 aromatic carbocycles. The molecule has 0 aliphatic carbocycles. The lowest BCUT2D eigenvalue weighted by molar-refractivity contribution is -0.138. The van der Waals surface area contributed by atoms with Crippen LogP contribution in [-0.2, 0) is 4.79 Å². The van der Waals surface area contributed by atoms with Gasteiger partial charge in [0.05, 0.1) is 0 Å². The Kier molecular flexibility index (Phi) is 3.44. The van der Waals surface area contributed by atoms with E-state index in [9.17, 15) is 4.79 Å². The van der Waals surface area contributed by atoms with Crippen LogP contribution in [-0.4, -0.2) is 46.7 Å². The minimum atomic E-state index is -0.871. The van der Waals surface area contributed by atoms with Gasteiger partial charge in [-0.05, 0) is 18.5 Å². The first-order valence-corrected chi connectivity index (χ1v) is 5.67. The van der Waals surface area contributed by atoms with Crippen LogP contribution < -0.4 is 10.2 Å². The summed E-state index contributed by atoms with van der Waals surface area (Å²) in [6, 6.07) is 1.13. The van der Waals surface area contributed by atoms with Gasteiger partial charge >= 0.3 is 5.97 Å². The molecule has 2 heterocycles. The lowest BCUT2D eigenvalue weighted by atomic mass is 10.2. The molecular weight excluding hydrogens is 244 g/mol. The summed E-state index contributed by atoms with van der Waals surface area (Å²) >= 11 is 5.78. The van der Waals surface area contributed by atoms with Crippen LogP contribution in [0.3, 0.4) is 0 Å². The van der Waals surface area contributed by atoms with E-state index in [1.54, 1.807) is 17.9 Å². The lowest BCUT2D eigenvalue weighted by Crippen LogP contribution is -2.55. The highest BCUT2D eigenvalue weighted by Gasteiger charge is 2.29. The smallest absolute Gasteiger partial charge is 0.327 e. The van der Waals surface area contributed by atoms with Crippen molar-refractivity contribution in [2.75, 3.05) is 24.5 Å². The van der Waals surface area contributed by atoms with E-state index < -0.39 is 12.0 Å². The van der Waals surface area contributed by atoms with Crippen molar-refractivity contribution < 1.29 is 9.90 Å². The molecule has 1 aliphatic heterocycles. The second kappa shape index (κ2) is 4.85. The van der Waals surface area contributed by atoms with Crippen molar-refractivity contribution in [1.29, 1.82) is 0 Å². The van der Waals surface area contributed by atoms with Crippen molar-refractivity contribution in [1.82, 2.24) is 15.3 Å². The highest BCUT2D eigenvalue weighted by Crippen LogP contribution is 2.18. The van der Waals surface area contributed by atoms with Crippen molar-refractivity contribution in [3.63, 3.8) is 0 Å². The number of aliphatic carboxylic acids is 1. The first kappa shape index (κ1) is 12.1. The molecule has 1 fully saturated rings. The zero-order chi connectivity index (χ0) is 12.4. The predicted molar refractivity (Wildman–Crippen MR) is 63.4 cm³/mol. The Morgan fingerprint density at radius 1 is 1.65 bits per heavy atom. The summed E-state index contributed by atoms with van der Waals surface area (Å²) in [5.74, 6) is -0.305. The molecule has 1 aromatic heterocycles. The molecule has 17 heavy (non-hydrogen) atoms. The van der Waals surface area contributed by atoms with Crippen LogP contribution >= 0.6 is 11.6 Å². The number of carboxylic acids is 1. The maximum absolute atomic E-state index is 11.1. The Labute approximate surface area is 104 Å². The number of rotatable bonds is 2. The molecule has 0 amide bonds. The molecule has 1 atom stereocenters. The van der Waals surface area contributed by atoms with E-state index in [0.29, 0.717) is 18.9 Å². The molecule has 2 N–H and O–H groups in total. The minimum absolute atomic E-state index is 0.141. The molecule has 0 bridgehead atoms. The molecule has 1 aromatic rings. The molecule has 6 nitrogen and oxygen atoms in total. The van der Waals surface area contributed by atoms with Gasteiger partial charge in [-0.2, -0.15) is 0 Å². The van der Waals surface area contributed by atoms with Gasteiger partial charge in [0, 0.05) is 31.4 Å². The van der Waals surface area contributed by atoms with Crippen LogP contribution in [0.25, 0.3) is 0 Å². The number of hydrogen-bond donors (Lipinski definition) is 2. The van der Waals surface area contributed by atoms with Crippen LogP contribution in [0.2, 0.25) is 5.28 Å². The molecule has 0 spiro atoms. The summed E-state index contributed by atoms with van der Waals surface area (Å²) in [7, 11) is 0. The summed E-state index contributed by atoms with van der Waals surface area (Å²) in [6.07, 6.45) is 0. The number of piperazine rings is 1. The Morgan fingerprint density at radius 3 is 3.06 bits per heavy atom. The van der Waals surface area contributed by atoms with Gasteiger partial charge in [0.15, 0.2) is 0 Å². The number of anilines is 1. The summed E-state index contributed by atoms with van der Waals surface area (Å²) in [6.45, 7) is 3.51. The van der Waals surface area contributed by atoms with Gasteiger partial charge in [0.2, 0.25) is 5.28 Å². The van der Waals surface area contributed by atoms with Crippen molar-refractivity contribution in [3.05, 3.63) is 17.0 Å². The van der Waals surface area contributed by atoms with Crippen LogP contribution in [0.1, 0.15) is 5.69 Å². The van der Waals surface area contributed by atoms with Gasteiger partial charge in [-0.1, -0.05) is 0 Å². The van der Waals surface area contributed by atoms with Crippen LogP contribution in [0.5, 0.6) is 0 Å². The third-order valence-electron chi connectivity index (χ3n) is 2.64. The Balaban J connectivity index is 2.32. The van der Waals surface area contributed by atoms with Crippen LogP contribution in [0.15, 0.2) is 6.07 Å². The number of hydrogen-bond acceptors (Lipinski definition) is 5. The lowest BCUT2D eigenvalue weighted by Gasteiger charge is -2.34. The highest BCUT2D eigenvalue weighted by atomic mass is 35.5. The topological polar surface area (TPSA) is 78.4 Å². The number of aryl methyl sites for hydroxylation is 1. The van der Waals surface area contributed by atoms with E-state index in [2.05, 4.69) is 15.3 Å². The predicted octanol–water partition coefficient (Wildman–Crippen LogP) is 0.301. The number of halogens is 1. The fourth-order valence-corrected chi connectivity index (χ4v) is 2.08. The van der Waals surface area contributed by atoms with Crippen molar-refractivity contribution in [2.45, 2.75) is 13.0 Å². The van der Waals surface area contributed by atoms with E-state index in [0.717, 1.165) is 12.2 Å². The largest absolute Gasteiger partial charge is 0.480 e. The molecule has 0 radical (unpaired) electrons. The van der Waals surface area contributed by atoms with Crippen molar-refractivity contribution >= 4 is 23.4 Å². The molecule has 7 heteroatoms. The fraction of sp³-hybridized carbons (Fsp3) is 0.500. The van der Waals surface area contributed by atoms with E-state index >= 15 is 0 Å². The average molecular weight is 257 g/mol. The summed E-state index contributed by atoms with van der Waals surface area (Å²) in [5.41, 5.74) is 0.725. The second-order valence-electron chi connectivity index (χ2n) is 3.89. The van der Waals surface area contributed by atoms with Gasteiger partial charge in [0.1, 0.15) is 11.9 Å². The average Bonchev–Trinajstić information content (AvgIpc) is 2.27. The number of nitrogens with zero attached hydrogens (tertiary/aromatic N) is 3. The maximum Gasteiger partial charge on any atom is 0.327 e. The quantitative estimate of drug-likeness (QED) is 0.741. The van der Waals surface area contributed by atoms with E-state index in [-0.39, 0.29) is 5.28 Å². The Morgan fingerprint density at radius 2 is 2.41 bits per heavy atom. The number of carboxylic acid groups (broad SMARTS) is 1. The Bertz CT molecular complexity index is 420. The highest BCUT2D eigenvalue weighted by molar-refractivity contribution is 6.28. The molecule has 92 valence electrons. The normalized spacial score (nSPS) is 20.4. The number of carbonyl (C=O) groups is 1. The summed E-state index contributed by atoms with van der Waals surface area (Å²) in [4.78, 5) is 20.9. The van der Waals surface area contributed by atoms with E-state index in [1.807, 2.05) is 0 Å². The molecular formula is C10H13ClN4O2. The zero-order valence-corrected chi connectivity index (χ0v) is 10.1. The van der Waals surface area contributed by atoms with Gasteiger partial charge in [-0.15, -0.1) is 0 Å². The third kappa shape index (κ3) is 2.65. The van der Waals surface area contributed by atoms with Gasteiger partial charge in [0.25, 0.3) is 0 Å². The third-order valence-corrected chi connectivity index (χ3v) is 2.81. The first-order valence-electron chi connectivity index (χ1n) is 5.29. The molecule has 1 saturated heterocycles.